The molecule has 0 atom stereocenters. The molecule has 0 N–H and O–H groups in total. The van der Waals surface area contributed by atoms with Crippen molar-refractivity contribution in [2.24, 2.45) is 0 Å². The summed E-state index contributed by atoms with van der Waals surface area (Å²) in [5.74, 6) is 0. The van der Waals surface area contributed by atoms with Crippen LogP contribution < -0.4 is 0 Å². The van der Waals surface area contributed by atoms with E-state index in [0.717, 1.165) is 12.1 Å². The first-order chi connectivity index (χ1) is 9.90. The van der Waals surface area contributed by atoms with Gasteiger partial charge in [-0.25, -0.2) is 4.52 Å². The first-order valence-electron chi connectivity index (χ1n) is 7.37. The van der Waals surface area contributed by atoms with Gasteiger partial charge in [-0.1, -0.05) is 55.3 Å². The minimum Gasteiger partial charge on any atom is -0.212 e. The summed E-state index contributed by atoms with van der Waals surface area (Å²) < 4.78 is 2.01. The minimum atomic E-state index is 1.02. The molecule has 0 aliphatic heterocycles. The maximum atomic E-state index is 4.41. The molecule has 0 aliphatic rings. The van der Waals surface area contributed by atoms with Gasteiger partial charge in [0.25, 0.3) is 0 Å². The molecule has 0 saturated carbocycles. The predicted octanol–water partition coefficient (Wildman–Crippen LogP) is 4.21. The highest BCUT2D eigenvalue weighted by Gasteiger charge is 2.16. The van der Waals surface area contributed by atoms with Gasteiger partial charge in [0.05, 0.1) is 16.7 Å². The quantitative estimate of drug-likeness (QED) is 0.516. The summed E-state index contributed by atoms with van der Waals surface area (Å²) in [5.41, 5.74) is 3.51. The van der Waals surface area contributed by atoms with E-state index in [-0.39, 0.29) is 0 Å². The fraction of sp³-hybridized carbons (Fsp3) is 0.294. The molecule has 0 amide bonds. The Balaban J connectivity index is 2.00. The van der Waals surface area contributed by atoms with Gasteiger partial charge < -0.3 is 0 Å². The number of benzene rings is 2. The molecule has 20 heavy (non-hydrogen) atoms. The molecule has 4 rings (SSSR count). The van der Waals surface area contributed by atoms with Gasteiger partial charge in [-0.15, -0.1) is 5.10 Å². The molecule has 100 valence electrons. The second kappa shape index (κ2) is 4.44. The van der Waals surface area contributed by atoms with Gasteiger partial charge in [0.2, 0.25) is 0 Å². The Labute approximate surface area is 117 Å². The zero-order valence-corrected chi connectivity index (χ0v) is 11.6. The first-order valence-corrected chi connectivity index (χ1v) is 7.37. The molecule has 2 aromatic carbocycles. The maximum Gasteiger partial charge on any atom is 0.0983 e. The van der Waals surface area contributed by atoms with Gasteiger partial charge in [0.15, 0.2) is 0 Å². The number of hydrogen-bond donors (Lipinski definition) is 0. The molecule has 0 saturated heterocycles. The van der Waals surface area contributed by atoms with Gasteiger partial charge in [0, 0.05) is 10.8 Å². The van der Waals surface area contributed by atoms with Crippen LogP contribution in [-0.2, 0) is 6.42 Å². The van der Waals surface area contributed by atoms with Crippen LogP contribution in [0, 0.1) is 0 Å². The number of aromatic nitrogens is 3. The summed E-state index contributed by atoms with van der Waals surface area (Å²) >= 11 is 0. The second-order valence-electron chi connectivity index (χ2n) is 5.43. The van der Waals surface area contributed by atoms with Crippen LogP contribution in [-0.4, -0.2) is 14.8 Å². The summed E-state index contributed by atoms with van der Waals surface area (Å²) in [5, 5.41) is 12.7. The van der Waals surface area contributed by atoms with Gasteiger partial charge in [-0.3, -0.25) is 0 Å². The minimum absolute atomic E-state index is 1.02. The van der Waals surface area contributed by atoms with Crippen molar-refractivity contribution in [3.8, 4) is 0 Å². The topological polar surface area (TPSA) is 30.2 Å². The van der Waals surface area contributed by atoms with Crippen molar-refractivity contribution in [2.45, 2.75) is 32.6 Å². The van der Waals surface area contributed by atoms with E-state index in [0.29, 0.717) is 0 Å². The summed E-state index contributed by atoms with van der Waals surface area (Å²) in [7, 11) is 0. The predicted molar refractivity (Wildman–Crippen MR) is 82.4 cm³/mol. The number of aryl methyl sites for hydroxylation is 1. The van der Waals surface area contributed by atoms with Crippen LogP contribution in [0.1, 0.15) is 31.9 Å². The molecule has 0 fully saturated rings. The normalized spacial score (nSPS) is 12.1. The highest BCUT2D eigenvalue weighted by Crippen LogP contribution is 2.33. The van der Waals surface area contributed by atoms with Crippen LogP contribution in [0.4, 0.5) is 0 Å². The van der Waals surface area contributed by atoms with Crippen molar-refractivity contribution in [1.29, 1.82) is 0 Å². The van der Waals surface area contributed by atoms with Crippen molar-refractivity contribution in [1.82, 2.24) is 14.8 Å². The lowest BCUT2D eigenvalue weighted by molar-refractivity contribution is 0.706. The molecule has 2 aromatic heterocycles. The van der Waals surface area contributed by atoms with E-state index in [1.165, 1.54) is 46.5 Å². The third-order valence-electron chi connectivity index (χ3n) is 4.12. The fourth-order valence-electron chi connectivity index (χ4n) is 3.16. The average molecular weight is 263 g/mol. The first kappa shape index (κ1) is 11.6. The van der Waals surface area contributed by atoms with Crippen LogP contribution in [0.5, 0.6) is 0 Å². The summed E-state index contributed by atoms with van der Waals surface area (Å²) in [6.45, 7) is 2.23. The van der Waals surface area contributed by atoms with E-state index >= 15 is 0 Å². The van der Waals surface area contributed by atoms with Crippen LogP contribution in [0.3, 0.4) is 0 Å². The zero-order valence-electron chi connectivity index (χ0n) is 11.6. The van der Waals surface area contributed by atoms with Crippen LogP contribution in [0.15, 0.2) is 36.4 Å². The lowest BCUT2D eigenvalue weighted by Gasteiger charge is -1.97. The monoisotopic (exact) mass is 263 g/mol. The maximum absolute atomic E-state index is 4.41. The van der Waals surface area contributed by atoms with E-state index in [1.807, 2.05) is 4.52 Å². The standard InChI is InChI=1S/C17H17N3/c1-2-3-4-10-14-17-13-9-5-7-12-8-6-11-15(16(12)13)20(17)19-18-14/h5-9,11H,2-4,10H2,1H3. The molecule has 2 heterocycles. The van der Waals surface area contributed by atoms with E-state index in [1.54, 1.807) is 0 Å². The Morgan fingerprint density at radius 3 is 2.75 bits per heavy atom. The summed E-state index contributed by atoms with van der Waals surface area (Å²) in [6.07, 6.45) is 4.70. The molecule has 0 bridgehead atoms. The molecule has 4 aromatic rings. The van der Waals surface area contributed by atoms with Crippen molar-refractivity contribution >= 4 is 27.2 Å². The van der Waals surface area contributed by atoms with Gasteiger partial charge in [-0.2, -0.15) is 0 Å². The third-order valence-corrected chi connectivity index (χ3v) is 4.12. The Morgan fingerprint density at radius 1 is 1.05 bits per heavy atom. The molecule has 0 spiro atoms. The lowest BCUT2D eigenvalue weighted by Crippen LogP contribution is -1.86. The van der Waals surface area contributed by atoms with E-state index < -0.39 is 0 Å². The number of hydrogen-bond acceptors (Lipinski definition) is 2. The van der Waals surface area contributed by atoms with Crippen LogP contribution in [0.25, 0.3) is 27.2 Å². The van der Waals surface area contributed by atoms with Crippen LogP contribution >= 0.6 is 0 Å². The number of unbranched alkanes of at least 4 members (excludes halogenated alkanes) is 2. The Morgan fingerprint density at radius 2 is 1.90 bits per heavy atom. The summed E-state index contributed by atoms with van der Waals surface area (Å²) in [4.78, 5) is 0. The molecule has 0 unspecified atom stereocenters. The third kappa shape index (κ3) is 1.52. The molecule has 3 heteroatoms. The Bertz CT molecular complexity index is 870. The highest BCUT2D eigenvalue weighted by atomic mass is 15.4. The Kier molecular flexibility index (Phi) is 2.59. The van der Waals surface area contributed by atoms with Gasteiger partial charge >= 0.3 is 0 Å². The van der Waals surface area contributed by atoms with E-state index in [2.05, 4.69) is 53.6 Å². The van der Waals surface area contributed by atoms with E-state index in [4.69, 9.17) is 0 Å². The molecule has 3 nitrogen and oxygen atoms in total. The number of rotatable bonds is 4. The van der Waals surface area contributed by atoms with E-state index in [9.17, 15) is 0 Å². The zero-order chi connectivity index (χ0) is 13.5. The van der Waals surface area contributed by atoms with Crippen molar-refractivity contribution in [3.63, 3.8) is 0 Å². The molecule has 0 aliphatic carbocycles. The van der Waals surface area contributed by atoms with Crippen molar-refractivity contribution in [2.75, 3.05) is 0 Å². The van der Waals surface area contributed by atoms with Crippen molar-refractivity contribution < 1.29 is 0 Å². The molecular formula is C17H17N3. The average Bonchev–Trinajstić information content (AvgIpc) is 3.02. The largest absolute Gasteiger partial charge is 0.212 e. The summed E-state index contributed by atoms with van der Waals surface area (Å²) in [6, 6.07) is 12.9. The second-order valence-corrected chi connectivity index (χ2v) is 5.43. The van der Waals surface area contributed by atoms with Crippen molar-refractivity contribution in [3.05, 3.63) is 42.1 Å². The SMILES string of the molecule is CCCCCc1nnn2c3cccc4cccc(c43)c12. The highest BCUT2D eigenvalue weighted by molar-refractivity contribution is 6.16. The van der Waals surface area contributed by atoms with Gasteiger partial charge in [-0.05, 0) is 24.3 Å². The molecule has 0 radical (unpaired) electrons. The number of fused-ring (bicyclic) bond motifs is 3. The lowest BCUT2D eigenvalue weighted by atomic mass is 10.1. The molecular weight excluding hydrogens is 246 g/mol. The number of nitrogens with zero attached hydrogens (tertiary/aromatic N) is 3. The van der Waals surface area contributed by atoms with Crippen LogP contribution in [0.2, 0.25) is 0 Å². The Hall–Kier alpha value is -2.16. The smallest absolute Gasteiger partial charge is 0.0983 e. The fourth-order valence-corrected chi connectivity index (χ4v) is 3.16. The van der Waals surface area contributed by atoms with Gasteiger partial charge in [0.1, 0.15) is 0 Å².